The Bertz CT molecular complexity index is 941. The van der Waals surface area contributed by atoms with Gasteiger partial charge in [-0.1, -0.05) is 18.2 Å². The third kappa shape index (κ3) is 6.47. The normalized spacial score (nSPS) is 14.5. The van der Waals surface area contributed by atoms with E-state index in [1.165, 1.54) is 0 Å². The summed E-state index contributed by atoms with van der Waals surface area (Å²) in [4.78, 5) is 37.8. The van der Waals surface area contributed by atoms with Crippen LogP contribution in [0.25, 0.3) is 0 Å². The van der Waals surface area contributed by atoms with Crippen molar-refractivity contribution in [3.63, 3.8) is 0 Å². The van der Waals surface area contributed by atoms with Crippen LogP contribution in [0.4, 0.5) is 23.7 Å². The molecule has 1 fully saturated rings. The number of hydrogen-bond donors (Lipinski definition) is 2. The lowest BCUT2D eigenvalue weighted by Crippen LogP contribution is -2.44. The lowest BCUT2D eigenvalue weighted by Gasteiger charge is -2.31. The molecule has 0 unspecified atom stereocenters. The van der Waals surface area contributed by atoms with E-state index in [-0.39, 0.29) is 18.2 Å². The zero-order valence-electron chi connectivity index (χ0n) is 17.0. The van der Waals surface area contributed by atoms with Crippen LogP contribution in [0.15, 0.2) is 54.6 Å². The van der Waals surface area contributed by atoms with Gasteiger partial charge in [0, 0.05) is 25.3 Å². The molecule has 2 aromatic rings. The van der Waals surface area contributed by atoms with Gasteiger partial charge in [-0.15, -0.1) is 0 Å². The second kappa shape index (κ2) is 10.2. The molecule has 0 saturated carbocycles. The van der Waals surface area contributed by atoms with Gasteiger partial charge in [0.1, 0.15) is 5.75 Å². The minimum atomic E-state index is -4.48. The lowest BCUT2D eigenvalue weighted by atomic mass is 9.97. The Balaban J connectivity index is 1.39. The van der Waals surface area contributed by atoms with Gasteiger partial charge in [-0.2, -0.15) is 13.2 Å². The maximum absolute atomic E-state index is 12.6. The number of likely N-dealkylation sites (tertiary alicyclic amines) is 1. The quantitative estimate of drug-likeness (QED) is 0.698. The highest BCUT2D eigenvalue weighted by Gasteiger charge is 2.30. The van der Waals surface area contributed by atoms with Crippen molar-refractivity contribution in [3.05, 3.63) is 60.2 Å². The van der Waals surface area contributed by atoms with Crippen LogP contribution < -0.4 is 15.4 Å². The smallest absolute Gasteiger partial charge is 0.410 e. The van der Waals surface area contributed by atoms with Gasteiger partial charge in [0.05, 0.1) is 5.56 Å². The van der Waals surface area contributed by atoms with Crippen molar-refractivity contribution in [2.45, 2.75) is 19.0 Å². The lowest BCUT2D eigenvalue weighted by molar-refractivity contribution is -0.137. The molecule has 10 heteroatoms. The number of anilines is 1. The maximum Gasteiger partial charge on any atom is 0.416 e. The average molecular weight is 449 g/mol. The van der Waals surface area contributed by atoms with E-state index >= 15 is 0 Å². The Labute approximate surface area is 182 Å². The van der Waals surface area contributed by atoms with Gasteiger partial charge < -0.3 is 20.3 Å². The number of hydrogen-bond acceptors (Lipinski definition) is 4. The number of halogens is 3. The number of para-hydroxylation sites is 1. The summed E-state index contributed by atoms with van der Waals surface area (Å²) in [5.41, 5.74) is -0.762. The Morgan fingerprint density at radius 1 is 0.938 bits per heavy atom. The summed E-state index contributed by atoms with van der Waals surface area (Å²) in [7, 11) is 0. The molecule has 1 aliphatic heterocycles. The minimum Gasteiger partial charge on any atom is -0.410 e. The molecule has 3 amide bonds. The molecular formula is C22H22F3N3O4. The maximum atomic E-state index is 12.6. The van der Waals surface area contributed by atoms with Crippen LogP contribution in [0, 0.1) is 5.92 Å². The van der Waals surface area contributed by atoms with Gasteiger partial charge in [0.25, 0.3) is 0 Å². The molecule has 2 aromatic carbocycles. The van der Waals surface area contributed by atoms with Crippen LogP contribution in [0.5, 0.6) is 5.75 Å². The number of alkyl halides is 3. The van der Waals surface area contributed by atoms with Crippen molar-refractivity contribution in [1.82, 2.24) is 10.2 Å². The van der Waals surface area contributed by atoms with Gasteiger partial charge >= 0.3 is 24.1 Å². The monoisotopic (exact) mass is 449 g/mol. The molecule has 0 radical (unpaired) electrons. The van der Waals surface area contributed by atoms with Gasteiger partial charge in [-0.3, -0.25) is 9.59 Å². The Morgan fingerprint density at radius 3 is 2.16 bits per heavy atom. The van der Waals surface area contributed by atoms with Gasteiger partial charge in [0.15, 0.2) is 0 Å². The van der Waals surface area contributed by atoms with Crippen LogP contribution in [0.3, 0.4) is 0 Å². The number of nitrogens with zero attached hydrogens (tertiary/aromatic N) is 1. The Kier molecular flexibility index (Phi) is 7.34. The average Bonchev–Trinajstić information content (AvgIpc) is 2.78. The summed E-state index contributed by atoms with van der Waals surface area (Å²) in [6, 6.07) is 12.5. The first-order valence-electron chi connectivity index (χ1n) is 10.0. The number of carbonyl (C=O) groups is 3. The van der Waals surface area contributed by atoms with E-state index in [2.05, 4.69) is 10.6 Å². The molecule has 7 nitrogen and oxygen atoms in total. The van der Waals surface area contributed by atoms with E-state index in [4.69, 9.17) is 4.74 Å². The summed E-state index contributed by atoms with van der Waals surface area (Å²) in [5.74, 6) is -1.30. The van der Waals surface area contributed by atoms with Gasteiger partial charge in [-0.25, -0.2) is 4.79 Å². The molecule has 2 N–H and O–H groups in total. The molecule has 0 aliphatic carbocycles. The number of piperidine rings is 1. The predicted octanol–water partition coefficient (Wildman–Crippen LogP) is 3.67. The highest BCUT2D eigenvalue weighted by atomic mass is 19.4. The fourth-order valence-corrected chi connectivity index (χ4v) is 3.22. The zero-order chi connectivity index (χ0) is 23.1. The van der Waals surface area contributed by atoms with Gasteiger partial charge in [0.2, 0.25) is 0 Å². The number of ether oxygens (including phenoxy) is 1. The van der Waals surface area contributed by atoms with Crippen molar-refractivity contribution in [1.29, 1.82) is 0 Å². The van der Waals surface area contributed by atoms with Gasteiger partial charge in [-0.05, 0) is 55.2 Å². The summed E-state index contributed by atoms with van der Waals surface area (Å²) < 4.78 is 43.0. The fraction of sp³-hybridized carbons (Fsp3) is 0.318. The van der Waals surface area contributed by atoms with Crippen LogP contribution in [-0.2, 0) is 15.8 Å². The Hall–Kier alpha value is -3.56. The summed E-state index contributed by atoms with van der Waals surface area (Å²) in [6.45, 7) is 1.18. The highest BCUT2D eigenvalue weighted by molar-refractivity contribution is 6.39. The highest BCUT2D eigenvalue weighted by Crippen LogP contribution is 2.29. The van der Waals surface area contributed by atoms with Crippen molar-refractivity contribution in [3.8, 4) is 5.75 Å². The SMILES string of the molecule is O=C(NCC1CCN(C(=O)Oc2ccccc2)CC1)C(=O)Nc1ccc(C(F)(F)F)cc1. The van der Waals surface area contributed by atoms with E-state index in [1.54, 1.807) is 29.2 Å². The number of amides is 3. The van der Waals surface area contributed by atoms with Crippen LogP contribution in [0.1, 0.15) is 18.4 Å². The van der Waals surface area contributed by atoms with Crippen molar-refractivity contribution in [2.24, 2.45) is 5.92 Å². The van der Waals surface area contributed by atoms with E-state index in [9.17, 15) is 27.6 Å². The van der Waals surface area contributed by atoms with Crippen molar-refractivity contribution < 1.29 is 32.3 Å². The zero-order valence-corrected chi connectivity index (χ0v) is 17.0. The molecule has 1 aliphatic rings. The van der Waals surface area contributed by atoms with Crippen molar-refractivity contribution >= 4 is 23.6 Å². The standard InChI is InChI=1S/C22H22F3N3O4/c23-22(24,25)16-6-8-17(9-7-16)27-20(30)19(29)26-14-15-10-12-28(13-11-15)21(31)32-18-4-2-1-3-5-18/h1-9,15H,10-14H2,(H,26,29)(H,27,30). The van der Waals surface area contributed by atoms with E-state index < -0.39 is 29.6 Å². The molecule has 0 bridgehead atoms. The number of benzene rings is 2. The third-order valence-corrected chi connectivity index (χ3v) is 5.05. The number of carbonyl (C=O) groups excluding carboxylic acids is 3. The molecule has 3 rings (SSSR count). The molecule has 1 heterocycles. The fourth-order valence-electron chi connectivity index (χ4n) is 3.22. The molecule has 0 atom stereocenters. The first-order chi connectivity index (χ1) is 15.2. The van der Waals surface area contributed by atoms with Crippen LogP contribution in [0.2, 0.25) is 0 Å². The molecule has 170 valence electrons. The summed E-state index contributed by atoms with van der Waals surface area (Å²) >= 11 is 0. The summed E-state index contributed by atoms with van der Waals surface area (Å²) in [5, 5.41) is 4.79. The first-order valence-corrected chi connectivity index (χ1v) is 10.0. The number of nitrogens with one attached hydrogen (secondary N) is 2. The third-order valence-electron chi connectivity index (χ3n) is 5.05. The van der Waals surface area contributed by atoms with Crippen molar-refractivity contribution in [2.75, 3.05) is 25.0 Å². The van der Waals surface area contributed by atoms with E-state index in [0.29, 0.717) is 31.7 Å². The largest absolute Gasteiger partial charge is 0.416 e. The molecule has 32 heavy (non-hydrogen) atoms. The second-order valence-electron chi connectivity index (χ2n) is 7.35. The minimum absolute atomic E-state index is 0.0820. The molecule has 0 aromatic heterocycles. The second-order valence-corrected chi connectivity index (χ2v) is 7.35. The Morgan fingerprint density at radius 2 is 1.56 bits per heavy atom. The number of rotatable bonds is 4. The topological polar surface area (TPSA) is 87.7 Å². The van der Waals surface area contributed by atoms with E-state index in [1.807, 2.05) is 6.07 Å². The molecule has 1 saturated heterocycles. The predicted molar refractivity (Wildman–Crippen MR) is 110 cm³/mol. The van der Waals surface area contributed by atoms with Crippen LogP contribution >= 0.6 is 0 Å². The summed E-state index contributed by atoms with van der Waals surface area (Å²) in [6.07, 6.45) is -3.65. The molecule has 0 spiro atoms. The van der Waals surface area contributed by atoms with E-state index in [0.717, 1.165) is 24.3 Å². The molecular weight excluding hydrogens is 427 g/mol. The van der Waals surface area contributed by atoms with Crippen LogP contribution in [-0.4, -0.2) is 42.4 Å². The first kappa shape index (κ1) is 23.1.